The van der Waals surface area contributed by atoms with E-state index in [9.17, 15) is 9.90 Å². The number of methoxy groups -OCH3 is 1. The summed E-state index contributed by atoms with van der Waals surface area (Å²) in [5.41, 5.74) is 4.23. The van der Waals surface area contributed by atoms with E-state index in [-0.39, 0.29) is 16.6 Å². The second-order valence-electron chi connectivity index (χ2n) is 11.8. The van der Waals surface area contributed by atoms with Crippen LogP contribution in [0.2, 0.25) is 0 Å². The molecule has 1 saturated heterocycles. The fourth-order valence-electron chi connectivity index (χ4n) is 4.37. The Morgan fingerprint density at radius 1 is 1.00 bits per heavy atom. The molecule has 1 heterocycles. The van der Waals surface area contributed by atoms with E-state index in [1.54, 1.807) is 19.3 Å². The van der Waals surface area contributed by atoms with Crippen LogP contribution in [0.5, 0.6) is 11.5 Å². The van der Waals surface area contributed by atoms with Crippen LogP contribution in [-0.2, 0) is 17.4 Å². The van der Waals surface area contributed by atoms with Gasteiger partial charge in [-0.25, -0.2) is 0 Å². The molecule has 1 aliphatic rings. The van der Waals surface area contributed by atoms with E-state index >= 15 is 0 Å². The van der Waals surface area contributed by atoms with Gasteiger partial charge in [-0.05, 0) is 53.3 Å². The van der Waals surface area contributed by atoms with E-state index in [0.29, 0.717) is 23.6 Å². The molecule has 190 valence electrons. The highest BCUT2D eigenvalue weighted by atomic mass is 16.5. The van der Waals surface area contributed by atoms with Crippen molar-refractivity contribution in [3.05, 3.63) is 64.2 Å². The van der Waals surface area contributed by atoms with Gasteiger partial charge in [-0.2, -0.15) is 0 Å². The van der Waals surface area contributed by atoms with Gasteiger partial charge in [-0.1, -0.05) is 59.8 Å². The number of nitrogens with zero attached hydrogens (tertiary/aromatic N) is 2. The van der Waals surface area contributed by atoms with Crippen LogP contribution >= 0.6 is 0 Å². The number of phenolic OH excluding ortho intramolecular Hbond substituents is 1. The van der Waals surface area contributed by atoms with E-state index in [1.165, 1.54) is 0 Å². The summed E-state index contributed by atoms with van der Waals surface area (Å²) in [5, 5.41) is 10.4. The highest BCUT2D eigenvalue weighted by Gasteiger charge is 2.27. The first-order valence-electron chi connectivity index (χ1n) is 12.5. The van der Waals surface area contributed by atoms with Gasteiger partial charge in [0.2, 0.25) is 0 Å². The van der Waals surface area contributed by atoms with Gasteiger partial charge < -0.3 is 14.7 Å². The maximum absolute atomic E-state index is 13.4. The topological polar surface area (TPSA) is 53.0 Å². The van der Waals surface area contributed by atoms with Crippen LogP contribution in [-0.4, -0.2) is 61.0 Å². The molecule has 0 amide bonds. The van der Waals surface area contributed by atoms with Crippen molar-refractivity contribution in [3.8, 4) is 11.5 Å². The van der Waals surface area contributed by atoms with Gasteiger partial charge in [0.05, 0.1) is 12.7 Å². The van der Waals surface area contributed by atoms with E-state index in [1.807, 2.05) is 24.3 Å². The van der Waals surface area contributed by atoms with Crippen molar-refractivity contribution in [1.29, 1.82) is 0 Å². The van der Waals surface area contributed by atoms with Crippen LogP contribution in [0.1, 0.15) is 74.2 Å². The normalized spacial score (nSPS) is 16.1. The van der Waals surface area contributed by atoms with Crippen molar-refractivity contribution in [2.45, 2.75) is 58.9 Å². The Balaban J connectivity index is 1.90. The zero-order valence-electron chi connectivity index (χ0n) is 22.7. The van der Waals surface area contributed by atoms with E-state index in [0.717, 1.165) is 48.4 Å². The molecule has 1 N–H and O–H groups in total. The first-order chi connectivity index (χ1) is 16.3. The monoisotopic (exact) mass is 478 g/mol. The minimum atomic E-state index is -0.166. The predicted octanol–water partition coefficient (Wildman–Crippen LogP) is 5.64. The number of allylic oxidation sites excluding steroid dienone is 1. The maximum Gasteiger partial charge on any atom is 0.189 e. The summed E-state index contributed by atoms with van der Waals surface area (Å²) in [6.07, 6.45) is 3.44. The van der Waals surface area contributed by atoms with Crippen molar-refractivity contribution >= 4 is 11.9 Å². The fourth-order valence-corrected chi connectivity index (χ4v) is 4.37. The maximum atomic E-state index is 13.4. The van der Waals surface area contributed by atoms with E-state index < -0.39 is 0 Å². The molecule has 0 atom stereocenters. The molecule has 3 rings (SSSR count). The Morgan fingerprint density at radius 2 is 1.66 bits per heavy atom. The minimum Gasteiger partial charge on any atom is -0.508 e. The van der Waals surface area contributed by atoms with Crippen LogP contribution in [0.25, 0.3) is 6.08 Å². The average Bonchev–Trinajstić information content (AvgIpc) is 2.78. The minimum absolute atomic E-state index is 0.0906. The standard InChI is InChI=1S/C30H42N2O3/c1-29(2,3)23-18-24(28(35-8)25(19-23)30(4,5)6)27(34)12-10-21-9-11-26(33)22(17-21)20-32-15-13-31(7)14-16-32/h9-12,17-19,33H,13-16,20H2,1-8H3/b12-10+. The fraction of sp³-hybridized carbons (Fsp3) is 0.500. The lowest BCUT2D eigenvalue weighted by Crippen LogP contribution is -2.43. The number of benzene rings is 2. The molecule has 5 nitrogen and oxygen atoms in total. The zero-order chi connectivity index (χ0) is 26.0. The molecule has 0 radical (unpaired) electrons. The highest BCUT2D eigenvalue weighted by Crippen LogP contribution is 2.38. The summed E-state index contributed by atoms with van der Waals surface area (Å²) in [7, 11) is 3.76. The SMILES string of the molecule is COc1c(C(=O)/C=C/c2ccc(O)c(CN3CCN(C)CC3)c2)cc(C(C)(C)C)cc1C(C)(C)C. The number of phenols is 1. The van der Waals surface area contributed by atoms with Gasteiger partial charge in [0.1, 0.15) is 11.5 Å². The van der Waals surface area contributed by atoms with E-state index in [4.69, 9.17) is 4.74 Å². The first kappa shape index (κ1) is 27.0. The van der Waals surface area contributed by atoms with Crippen molar-refractivity contribution in [2.24, 2.45) is 0 Å². The second kappa shape index (κ2) is 10.5. The van der Waals surface area contributed by atoms with Gasteiger partial charge in [0.15, 0.2) is 5.78 Å². The quantitative estimate of drug-likeness (QED) is 0.430. The lowest BCUT2D eigenvalue weighted by molar-refractivity contribution is 0.104. The van der Waals surface area contributed by atoms with Gasteiger partial charge >= 0.3 is 0 Å². The number of carbonyl (C=O) groups is 1. The third-order valence-corrected chi connectivity index (χ3v) is 6.75. The molecular formula is C30H42N2O3. The van der Waals surface area contributed by atoms with Crippen molar-refractivity contribution in [1.82, 2.24) is 9.80 Å². The summed E-state index contributed by atoms with van der Waals surface area (Å²) >= 11 is 0. The Hall–Kier alpha value is -2.63. The Labute approximate surface area is 211 Å². The zero-order valence-corrected chi connectivity index (χ0v) is 22.7. The predicted molar refractivity (Wildman–Crippen MR) is 145 cm³/mol. The Bertz CT molecular complexity index is 1080. The molecule has 0 spiro atoms. The van der Waals surface area contributed by atoms with Gasteiger partial charge in [-0.3, -0.25) is 9.69 Å². The molecule has 0 unspecified atom stereocenters. The number of carbonyl (C=O) groups excluding carboxylic acids is 1. The van der Waals surface area contributed by atoms with Crippen molar-refractivity contribution < 1.29 is 14.6 Å². The number of hydrogen-bond acceptors (Lipinski definition) is 5. The Morgan fingerprint density at radius 3 is 2.23 bits per heavy atom. The van der Waals surface area contributed by atoms with Gasteiger partial charge in [0, 0.05) is 43.9 Å². The van der Waals surface area contributed by atoms with Crippen LogP contribution in [0.15, 0.2) is 36.4 Å². The number of ketones is 1. The molecule has 35 heavy (non-hydrogen) atoms. The molecule has 0 aliphatic carbocycles. The van der Waals surface area contributed by atoms with Crippen LogP contribution in [0.3, 0.4) is 0 Å². The van der Waals surface area contributed by atoms with Crippen molar-refractivity contribution in [2.75, 3.05) is 40.3 Å². The molecule has 0 aromatic heterocycles. The van der Waals surface area contributed by atoms with Crippen LogP contribution in [0.4, 0.5) is 0 Å². The van der Waals surface area contributed by atoms with E-state index in [2.05, 4.69) is 64.5 Å². The number of ether oxygens (including phenoxy) is 1. The number of rotatable bonds is 6. The molecule has 2 aromatic carbocycles. The summed E-state index contributed by atoms with van der Waals surface area (Å²) in [5.74, 6) is 0.843. The number of likely N-dealkylation sites (N-methyl/N-ethyl adjacent to an activating group) is 1. The van der Waals surface area contributed by atoms with Crippen LogP contribution in [0, 0.1) is 0 Å². The van der Waals surface area contributed by atoms with Gasteiger partial charge in [0.25, 0.3) is 0 Å². The molecule has 0 bridgehead atoms. The highest BCUT2D eigenvalue weighted by molar-refractivity contribution is 6.09. The first-order valence-corrected chi connectivity index (χ1v) is 12.5. The Kier molecular flexibility index (Phi) is 8.13. The van der Waals surface area contributed by atoms with Crippen LogP contribution < -0.4 is 4.74 Å². The summed E-state index contributed by atoms with van der Waals surface area (Å²) < 4.78 is 5.77. The molecular weight excluding hydrogens is 436 g/mol. The smallest absolute Gasteiger partial charge is 0.189 e. The largest absolute Gasteiger partial charge is 0.508 e. The second-order valence-corrected chi connectivity index (χ2v) is 11.8. The average molecular weight is 479 g/mol. The molecule has 0 saturated carbocycles. The molecule has 5 heteroatoms. The summed E-state index contributed by atoms with van der Waals surface area (Å²) in [6.45, 7) is 17.6. The summed E-state index contributed by atoms with van der Waals surface area (Å²) in [6, 6.07) is 9.67. The van der Waals surface area contributed by atoms with Gasteiger partial charge in [-0.15, -0.1) is 0 Å². The molecule has 1 fully saturated rings. The molecule has 1 aliphatic heterocycles. The lowest BCUT2D eigenvalue weighted by Gasteiger charge is -2.32. The number of aromatic hydroxyl groups is 1. The molecule has 2 aromatic rings. The van der Waals surface area contributed by atoms with Crippen molar-refractivity contribution in [3.63, 3.8) is 0 Å². The lowest BCUT2D eigenvalue weighted by atomic mass is 9.78. The third-order valence-electron chi connectivity index (χ3n) is 6.75. The summed E-state index contributed by atoms with van der Waals surface area (Å²) in [4.78, 5) is 18.1. The number of piperazine rings is 1. The number of hydrogen-bond donors (Lipinski definition) is 1. The third kappa shape index (κ3) is 6.74.